The van der Waals surface area contributed by atoms with Crippen molar-refractivity contribution < 1.29 is 14.9 Å². The van der Waals surface area contributed by atoms with Gasteiger partial charge in [-0.15, -0.1) is 0 Å². The fourth-order valence-corrected chi connectivity index (χ4v) is 1.61. The first kappa shape index (κ1) is 11.0. The van der Waals surface area contributed by atoms with Crippen LogP contribution in [0.25, 0.3) is 0 Å². The van der Waals surface area contributed by atoms with Gasteiger partial charge in [-0.2, -0.15) is 4.98 Å². The third-order valence-electron chi connectivity index (χ3n) is 2.44. The van der Waals surface area contributed by atoms with Gasteiger partial charge >= 0.3 is 11.4 Å². The van der Waals surface area contributed by atoms with Crippen molar-refractivity contribution in [2.75, 3.05) is 6.61 Å². The first-order chi connectivity index (χ1) is 7.61. The number of nitrogens with zero attached hydrogens (tertiary/aromatic N) is 2. The van der Waals surface area contributed by atoms with Gasteiger partial charge in [0.05, 0.1) is 12.7 Å². The summed E-state index contributed by atoms with van der Waals surface area (Å²) in [7, 11) is 0. The standard InChI is InChI=1S/C8H11N3O5/c12-2-5-4(13)1-6(16-5)11-3-9-7(14)10-8(11)15/h3-6,12-13H,1-2H2,(H,10,14,15)/t4-,5+,6+/m0/s1. The summed E-state index contributed by atoms with van der Waals surface area (Å²) >= 11 is 0. The molecule has 0 saturated carbocycles. The molecule has 1 aliphatic rings. The van der Waals surface area contributed by atoms with Crippen molar-refractivity contribution in [3.8, 4) is 0 Å². The monoisotopic (exact) mass is 229 g/mol. The largest absolute Gasteiger partial charge is 0.394 e. The molecule has 3 N–H and O–H groups in total. The maximum atomic E-state index is 11.4. The third-order valence-corrected chi connectivity index (χ3v) is 2.44. The molecule has 0 aliphatic carbocycles. The van der Waals surface area contributed by atoms with Gasteiger partial charge in [0.15, 0.2) is 0 Å². The van der Waals surface area contributed by atoms with Gasteiger partial charge in [-0.3, -0.25) is 9.55 Å². The van der Waals surface area contributed by atoms with E-state index in [1.54, 1.807) is 0 Å². The van der Waals surface area contributed by atoms with E-state index >= 15 is 0 Å². The summed E-state index contributed by atoms with van der Waals surface area (Å²) in [6, 6.07) is 0. The molecular weight excluding hydrogens is 218 g/mol. The second-order valence-corrected chi connectivity index (χ2v) is 3.50. The number of rotatable bonds is 2. The highest BCUT2D eigenvalue weighted by atomic mass is 16.5. The van der Waals surface area contributed by atoms with E-state index in [4.69, 9.17) is 9.84 Å². The van der Waals surface area contributed by atoms with E-state index in [0.717, 1.165) is 10.9 Å². The Bertz CT molecular complexity index is 481. The van der Waals surface area contributed by atoms with Crippen LogP contribution in [-0.2, 0) is 4.74 Å². The molecule has 0 spiro atoms. The zero-order valence-corrected chi connectivity index (χ0v) is 8.24. The number of H-pyrrole nitrogens is 1. The highest BCUT2D eigenvalue weighted by Gasteiger charge is 2.34. The van der Waals surface area contributed by atoms with Crippen molar-refractivity contribution in [2.24, 2.45) is 0 Å². The number of ether oxygens (including phenoxy) is 1. The Morgan fingerprint density at radius 1 is 1.62 bits per heavy atom. The summed E-state index contributed by atoms with van der Waals surface area (Å²) in [5.41, 5.74) is -1.39. The van der Waals surface area contributed by atoms with E-state index in [1.807, 2.05) is 4.98 Å². The van der Waals surface area contributed by atoms with E-state index in [0.29, 0.717) is 0 Å². The molecule has 1 saturated heterocycles. The number of hydrogen-bond acceptors (Lipinski definition) is 6. The van der Waals surface area contributed by atoms with Crippen molar-refractivity contribution in [2.45, 2.75) is 24.9 Å². The molecule has 0 aromatic carbocycles. The van der Waals surface area contributed by atoms with E-state index in [1.165, 1.54) is 0 Å². The van der Waals surface area contributed by atoms with Crippen molar-refractivity contribution in [3.05, 3.63) is 27.3 Å². The van der Waals surface area contributed by atoms with Gasteiger partial charge in [0, 0.05) is 6.42 Å². The van der Waals surface area contributed by atoms with Crippen LogP contribution in [0, 0.1) is 0 Å². The molecule has 1 fully saturated rings. The van der Waals surface area contributed by atoms with E-state index in [2.05, 4.69) is 4.98 Å². The Morgan fingerprint density at radius 3 is 2.94 bits per heavy atom. The molecule has 0 bridgehead atoms. The van der Waals surface area contributed by atoms with Crippen LogP contribution < -0.4 is 11.4 Å². The minimum atomic E-state index is -0.839. The Hall–Kier alpha value is -1.51. The van der Waals surface area contributed by atoms with Crippen molar-refractivity contribution in [1.29, 1.82) is 0 Å². The normalized spacial score (nSPS) is 29.5. The zero-order valence-electron chi connectivity index (χ0n) is 8.24. The Labute approximate surface area is 89.1 Å². The lowest BCUT2D eigenvalue weighted by molar-refractivity contribution is -0.0463. The molecule has 1 aromatic heterocycles. The highest BCUT2D eigenvalue weighted by molar-refractivity contribution is 4.82. The zero-order chi connectivity index (χ0) is 11.7. The average Bonchev–Trinajstić information content (AvgIpc) is 2.59. The summed E-state index contributed by atoms with van der Waals surface area (Å²) in [6.07, 6.45) is -1.06. The first-order valence-electron chi connectivity index (χ1n) is 4.73. The summed E-state index contributed by atoms with van der Waals surface area (Å²) in [4.78, 5) is 27.5. The van der Waals surface area contributed by atoms with Gasteiger partial charge < -0.3 is 14.9 Å². The van der Waals surface area contributed by atoms with Crippen LogP contribution in [0.3, 0.4) is 0 Å². The maximum absolute atomic E-state index is 11.4. The number of aliphatic hydroxyl groups is 2. The van der Waals surface area contributed by atoms with Crippen LogP contribution in [0.4, 0.5) is 0 Å². The topological polar surface area (TPSA) is 117 Å². The fourth-order valence-electron chi connectivity index (χ4n) is 1.61. The van der Waals surface area contributed by atoms with Crippen LogP contribution in [0.1, 0.15) is 12.6 Å². The lowest BCUT2D eigenvalue weighted by atomic mass is 10.2. The molecule has 16 heavy (non-hydrogen) atoms. The number of aromatic nitrogens is 3. The number of aliphatic hydroxyl groups excluding tert-OH is 2. The van der Waals surface area contributed by atoms with Gasteiger partial charge in [-0.05, 0) is 0 Å². The molecule has 0 radical (unpaired) electrons. The quantitative estimate of drug-likeness (QED) is 0.519. The SMILES string of the molecule is O=c1ncn([C@H]2C[C@H](O)[C@@H](CO)O2)c(=O)[nH]1. The van der Waals surface area contributed by atoms with E-state index in [9.17, 15) is 14.7 Å². The molecule has 0 amide bonds. The second-order valence-electron chi connectivity index (χ2n) is 3.50. The minimum absolute atomic E-state index is 0.166. The van der Waals surface area contributed by atoms with Crippen LogP contribution in [0.5, 0.6) is 0 Å². The van der Waals surface area contributed by atoms with Crippen molar-refractivity contribution in [3.63, 3.8) is 0 Å². The average molecular weight is 229 g/mol. The van der Waals surface area contributed by atoms with Gasteiger partial charge in [0.1, 0.15) is 18.7 Å². The molecule has 3 atom stereocenters. The molecule has 1 aliphatic heterocycles. The van der Waals surface area contributed by atoms with Crippen LogP contribution in [0.15, 0.2) is 15.9 Å². The Balaban J connectivity index is 2.27. The van der Waals surface area contributed by atoms with Gasteiger partial charge in [-0.1, -0.05) is 0 Å². The molecule has 8 nitrogen and oxygen atoms in total. The fraction of sp³-hybridized carbons (Fsp3) is 0.625. The summed E-state index contributed by atoms with van der Waals surface area (Å²) < 4.78 is 6.30. The van der Waals surface area contributed by atoms with Crippen molar-refractivity contribution in [1.82, 2.24) is 14.5 Å². The third kappa shape index (κ3) is 1.90. The lowest BCUT2D eigenvalue weighted by Gasteiger charge is -2.13. The van der Waals surface area contributed by atoms with Crippen LogP contribution in [0.2, 0.25) is 0 Å². The predicted octanol–water partition coefficient (Wildman–Crippen LogP) is -2.43. The molecule has 2 rings (SSSR count). The molecule has 1 aromatic rings. The molecule has 2 heterocycles. The number of nitrogens with one attached hydrogen (secondary N) is 1. The predicted molar refractivity (Wildman–Crippen MR) is 50.7 cm³/mol. The number of hydrogen-bond donors (Lipinski definition) is 3. The highest BCUT2D eigenvalue weighted by Crippen LogP contribution is 2.26. The summed E-state index contributed by atoms with van der Waals surface area (Å²) in [5.74, 6) is 0. The maximum Gasteiger partial charge on any atom is 0.350 e. The summed E-state index contributed by atoms with van der Waals surface area (Å²) in [6.45, 7) is -0.330. The van der Waals surface area contributed by atoms with Gasteiger partial charge in [-0.25, -0.2) is 9.59 Å². The van der Waals surface area contributed by atoms with Crippen LogP contribution in [-0.4, -0.2) is 43.6 Å². The molecule has 88 valence electrons. The van der Waals surface area contributed by atoms with E-state index < -0.39 is 29.8 Å². The molecular formula is C8H11N3O5. The lowest BCUT2D eigenvalue weighted by Crippen LogP contribution is -2.33. The minimum Gasteiger partial charge on any atom is -0.394 e. The molecule has 0 unspecified atom stereocenters. The van der Waals surface area contributed by atoms with Crippen LogP contribution >= 0.6 is 0 Å². The van der Waals surface area contributed by atoms with Gasteiger partial charge in [0.25, 0.3) is 0 Å². The van der Waals surface area contributed by atoms with Gasteiger partial charge in [0.2, 0.25) is 0 Å². The molecule has 8 heteroatoms. The second kappa shape index (κ2) is 4.16. The number of aromatic amines is 1. The van der Waals surface area contributed by atoms with Crippen molar-refractivity contribution >= 4 is 0 Å². The Morgan fingerprint density at radius 2 is 2.38 bits per heavy atom. The Kier molecular flexibility index (Phi) is 2.86. The van der Waals surface area contributed by atoms with E-state index in [-0.39, 0.29) is 13.0 Å². The summed E-state index contributed by atoms with van der Waals surface area (Å²) in [5, 5.41) is 18.3. The first-order valence-corrected chi connectivity index (χ1v) is 4.73. The smallest absolute Gasteiger partial charge is 0.350 e.